The molecule has 1 N–H and O–H groups in total. The zero-order valence-corrected chi connectivity index (χ0v) is 17.5. The van der Waals surface area contributed by atoms with Crippen molar-refractivity contribution in [2.24, 2.45) is 0 Å². The number of nitrogens with one attached hydrogen (secondary N) is 1. The lowest BCUT2D eigenvalue weighted by atomic mass is 10.0. The van der Waals surface area contributed by atoms with E-state index in [0.29, 0.717) is 12.5 Å². The quantitative estimate of drug-likeness (QED) is 0.708. The summed E-state index contributed by atoms with van der Waals surface area (Å²) >= 11 is 0. The number of amides is 1. The SMILES string of the molecule is CN1CCN(c2ccccc2CNC(=O)c2cc(C3CC3)nc3ccccc23)CC1. The summed E-state index contributed by atoms with van der Waals surface area (Å²) in [5, 5.41) is 4.10. The molecular formula is C25H28N4O. The van der Waals surface area contributed by atoms with Crippen LogP contribution in [0.3, 0.4) is 0 Å². The molecule has 3 aromatic rings. The number of piperazine rings is 1. The van der Waals surface area contributed by atoms with E-state index in [9.17, 15) is 4.79 Å². The molecule has 0 radical (unpaired) electrons. The molecule has 1 saturated carbocycles. The number of fused-ring (bicyclic) bond motifs is 1. The first-order chi connectivity index (χ1) is 14.7. The summed E-state index contributed by atoms with van der Waals surface area (Å²) in [6, 6.07) is 18.4. The number of likely N-dealkylation sites (N-methyl/N-ethyl adjacent to an activating group) is 1. The maximum atomic E-state index is 13.2. The maximum absolute atomic E-state index is 13.2. The number of hydrogen-bond donors (Lipinski definition) is 1. The van der Waals surface area contributed by atoms with Crippen LogP contribution in [-0.4, -0.2) is 49.0 Å². The largest absolute Gasteiger partial charge is 0.369 e. The molecule has 154 valence electrons. The zero-order valence-electron chi connectivity index (χ0n) is 17.5. The highest BCUT2D eigenvalue weighted by molar-refractivity contribution is 6.06. The first-order valence-corrected chi connectivity index (χ1v) is 10.9. The summed E-state index contributed by atoms with van der Waals surface area (Å²) in [4.78, 5) is 22.8. The smallest absolute Gasteiger partial charge is 0.252 e. The fourth-order valence-electron chi connectivity index (χ4n) is 4.26. The van der Waals surface area contributed by atoms with Crippen LogP contribution in [0.1, 0.15) is 40.4 Å². The van der Waals surface area contributed by atoms with E-state index >= 15 is 0 Å². The normalized spacial score (nSPS) is 17.3. The molecule has 2 heterocycles. The second-order valence-corrected chi connectivity index (χ2v) is 8.49. The van der Waals surface area contributed by atoms with Crippen LogP contribution in [-0.2, 0) is 6.54 Å². The summed E-state index contributed by atoms with van der Waals surface area (Å²) < 4.78 is 0. The van der Waals surface area contributed by atoms with Crippen molar-refractivity contribution in [3.8, 4) is 0 Å². The van der Waals surface area contributed by atoms with Crippen molar-refractivity contribution in [1.29, 1.82) is 0 Å². The predicted octanol–water partition coefficient (Wildman–Crippen LogP) is 3.79. The minimum absolute atomic E-state index is 0.0244. The number of para-hydroxylation sites is 2. The van der Waals surface area contributed by atoms with Gasteiger partial charge in [0, 0.05) is 55.4 Å². The maximum Gasteiger partial charge on any atom is 0.252 e. The Morgan fingerprint density at radius 1 is 1.03 bits per heavy atom. The minimum atomic E-state index is -0.0244. The summed E-state index contributed by atoms with van der Waals surface area (Å²) in [6.07, 6.45) is 2.34. The van der Waals surface area contributed by atoms with Crippen LogP contribution in [0.5, 0.6) is 0 Å². The highest BCUT2D eigenvalue weighted by Gasteiger charge is 2.27. The van der Waals surface area contributed by atoms with Crippen molar-refractivity contribution in [2.75, 3.05) is 38.1 Å². The van der Waals surface area contributed by atoms with Crippen LogP contribution >= 0.6 is 0 Å². The average molecular weight is 401 g/mol. The van der Waals surface area contributed by atoms with Crippen LogP contribution in [0.2, 0.25) is 0 Å². The standard InChI is InChI=1S/C25H28N4O/c1-28-12-14-29(15-13-28)24-9-5-2-6-19(24)17-26-25(30)21-16-23(18-10-11-18)27-22-8-4-3-7-20(21)22/h2-9,16,18H,10-15,17H2,1H3,(H,26,30). The highest BCUT2D eigenvalue weighted by Crippen LogP contribution is 2.40. The van der Waals surface area contributed by atoms with Gasteiger partial charge in [-0.1, -0.05) is 36.4 Å². The van der Waals surface area contributed by atoms with Crippen LogP contribution in [0.4, 0.5) is 5.69 Å². The molecule has 0 unspecified atom stereocenters. The molecule has 1 saturated heterocycles. The molecule has 1 aliphatic carbocycles. The van der Waals surface area contributed by atoms with Gasteiger partial charge in [0.05, 0.1) is 11.1 Å². The van der Waals surface area contributed by atoms with E-state index in [4.69, 9.17) is 4.98 Å². The molecule has 1 amide bonds. The van der Waals surface area contributed by atoms with Gasteiger partial charge in [0.25, 0.3) is 5.91 Å². The van der Waals surface area contributed by atoms with Crippen LogP contribution in [0.25, 0.3) is 10.9 Å². The molecule has 5 rings (SSSR count). The predicted molar refractivity (Wildman–Crippen MR) is 121 cm³/mol. The number of aromatic nitrogens is 1. The fraction of sp³-hybridized carbons (Fsp3) is 0.360. The Balaban J connectivity index is 1.37. The Labute approximate surface area is 177 Å². The van der Waals surface area contributed by atoms with Crippen molar-refractivity contribution in [3.05, 3.63) is 71.4 Å². The molecule has 2 aliphatic rings. The first-order valence-electron chi connectivity index (χ1n) is 10.9. The van der Waals surface area contributed by atoms with Crippen molar-refractivity contribution < 1.29 is 4.79 Å². The Morgan fingerprint density at radius 3 is 2.57 bits per heavy atom. The molecule has 2 aromatic carbocycles. The molecule has 1 aromatic heterocycles. The zero-order chi connectivity index (χ0) is 20.5. The second-order valence-electron chi connectivity index (χ2n) is 8.49. The van der Waals surface area contributed by atoms with Gasteiger partial charge in [0.2, 0.25) is 0 Å². The third kappa shape index (κ3) is 3.90. The summed E-state index contributed by atoms with van der Waals surface area (Å²) in [5.74, 6) is 0.489. The van der Waals surface area contributed by atoms with Crippen molar-refractivity contribution in [3.63, 3.8) is 0 Å². The fourth-order valence-corrected chi connectivity index (χ4v) is 4.26. The molecule has 5 heteroatoms. The van der Waals surface area contributed by atoms with Crippen molar-refractivity contribution in [1.82, 2.24) is 15.2 Å². The van der Waals surface area contributed by atoms with E-state index in [0.717, 1.165) is 53.9 Å². The van der Waals surface area contributed by atoms with Crippen molar-refractivity contribution in [2.45, 2.75) is 25.3 Å². The van der Waals surface area contributed by atoms with E-state index in [1.165, 1.54) is 18.5 Å². The van der Waals surface area contributed by atoms with Gasteiger partial charge in [0.15, 0.2) is 0 Å². The summed E-state index contributed by atoms with van der Waals surface area (Å²) in [6.45, 7) is 4.68. The van der Waals surface area contributed by atoms with Gasteiger partial charge in [-0.15, -0.1) is 0 Å². The Kier molecular flexibility index (Phi) is 5.13. The summed E-state index contributed by atoms with van der Waals surface area (Å²) in [7, 11) is 2.17. The molecular weight excluding hydrogens is 372 g/mol. The number of benzene rings is 2. The van der Waals surface area contributed by atoms with Gasteiger partial charge in [-0.2, -0.15) is 0 Å². The number of pyridine rings is 1. The van der Waals surface area contributed by atoms with Crippen molar-refractivity contribution >= 4 is 22.5 Å². The Bertz CT molecular complexity index is 1070. The number of rotatable bonds is 5. The van der Waals surface area contributed by atoms with Gasteiger partial charge in [-0.3, -0.25) is 9.78 Å². The third-order valence-corrected chi connectivity index (χ3v) is 6.25. The molecule has 5 nitrogen and oxygen atoms in total. The van der Waals surface area contributed by atoms with Crippen LogP contribution in [0, 0.1) is 0 Å². The van der Waals surface area contributed by atoms with Gasteiger partial charge in [0.1, 0.15) is 0 Å². The molecule has 2 fully saturated rings. The first kappa shape index (κ1) is 19.1. The molecule has 0 atom stereocenters. The van der Waals surface area contributed by atoms with Gasteiger partial charge >= 0.3 is 0 Å². The molecule has 1 aliphatic heterocycles. The topological polar surface area (TPSA) is 48.5 Å². The van der Waals surface area contributed by atoms with Gasteiger partial charge in [-0.05, 0) is 43.7 Å². The minimum Gasteiger partial charge on any atom is -0.369 e. The molecule has 30 heavy (non-hydrogen) atoms. The monoisotopic (exact) mass is 400 g/mol. The second kappa shape index (κ2) is 8.07. The van der Waals surface area contributed by atoms with Crippen LogP contribution in [0.15, 0.2) is 54.6 Å². The van der Waals surface area contributed by atoms with Gasteiger partial charge < -0.3 is 15.1 Å². The van der Waals surface area contributed by atoms with E-state index in [1.54, 1.807) is 0 Å². The number of hydrogen-bond acceptors (Lipinski definition) is 4. The summed E-state index contributed by atoms with van der Waals surface area (Å²) in [5.41, 5.74) is 5.08. The number of carbonyl (C=O) groups is 1. The van der Waals surface area contributed by atoms with E-state index in [1.807, 2.05) is 36.4 Å². The lowest BCUT2D eigenvalue weighted by molar-refractivity contribution is 0.0952. The van der Waals surface area contributed by atoms with Crippen LogP contribution < -0.4 is 10.2 Å². The van der Waals surface area contributed by atoms with Gasteiger partial charge in [-0.25, -0.2) is 0 Å². The highest BCUT2D eigenvalue weighted by atomic mass is 16.1. The average Bonchev–Trinajstić information content (AvgIpc) is 3.63. The Hall–Kier alpha value is -2.92. The Morgan fingerprint density at radius 2 is 1.77 bits per heavy atom. The number of nitrogens with zero attached hydrogens (tertiary/aromatic N) is 3. The van der Waals surface area contributed by atoms with E-state index in [2.05, 4.69) is 40.4 Å². The molecule has 0 bridgehead atoms. The number of anilines is 1. The third-order valence-electron chi connectivity index (χ3n) is 6.25. The van der Waals surface area contributed by atoms with E-state index in [-0.39, 0.29) is 5.91 Å². The number of carbonyl (C=O) groups excluding carboxylic acids is 1. The molecule has 0 spiro atoms. The van der Waals surface area contributed by atoms with E-state index < -0.39 is 0 Å². The lowest BCUT2D eigenvalue weighted by Gasteiger charge is -2.35. The lowest BCUT2D eigenvalue weighted by Crippen LogP contribution is -2.45.